The van der Waals surface area contributed by atoms with E-state index in [9.17, 15) is 0 Å². The molecule has 0 unspecified atom stereocenters. The highest BCUT2D eigenvalue weighted by Gasteiger charge is 2.08. The summed E-state index contributed by atoms with van der Waals surface area (Å²) in [4.78, 5) is 0. The first-order valence-electron chi connectivity index (χ1n) is 7.60. The van der Waals surface area contributed by atoms with E-state index in [1.807, 2.05) is 12.1 Å². The third-order valence-corrected chi connectivity index (χ3v) is 3.94. The van der Waals surface area contributed by atoms with Crippen LogP contribution in [0.25, 0.3) is 0 Å². The number of unbranched alkanes of at least 4 members (excludes halogenated alkanes) is 1. The first-order valence-corrected chi connectivity index (χ1v) is 8.37. The fourth-order valence-electron chi connectivity index (χ4n) is 1.96. The summed E-state index contributed by atoms with van der Waals surface area (Å²) in [5, 5.41) is 8.46. The highest BCUT2D eigenvalue weighted by atomic mass is 32.1. The largest absolute Gasteiger partial charge is 0.487 e. The van der Waals surface area contributed by atoms with Crippen molar-refractivity contribution in [1.29, 1.82) is 0 Å². The molecule has 0 aliphatic heterocycles. The minimum absolute atomic E-state index is 0.455. The molecule has 114 valence electrons. The van der Waals surface area contributed by atoms with Gasteiger partial charge in [0.15, 0.2) is 0 Å². The number of hydrogen-bond donors (Lipinski definition) is 1. The molecule has 4 nitrogen and oxygen atoms in total. The van der Waals surface area contributed by atoms with Gasteiger partial charge in [-0.3, -0.25) is 0 Å². The maximum Gasteiger partial charge on any atom is 0.136 e. The molecule has 21 heavy (non-hydrogen) atoms. The van der Waals surface area contributed by atoms with Crippen LogP contribution in [0.15, 0.2) is 24.3 Å². The molecule has 1 aromatic heterocycles. The lowest BCUT2D eigenvalue weighted by Crippen LogP contribution is -2.03. The van der Waals surface area contributed by atoms with Gasteiger partial charge in [0.25, 0.3) is 0 Å². The number of rotatable bonds is 9. The zero-order valence-corrected chi connectivity index (χ0v) is 13.6. The van der Waals surface area contributed by atoms with Crippen LogP contribution >= 0.6 is 11.5 Å². The summed E-state index contributed by atoms with van der Waals surface area (Å²) in [6, 6.07) is 8.34. The smallest absolute Gasteiger partial charge is 0.136 e. The number of ether oxygens (including phenoxy) is 1. The highest BCUT2D eigenvalue weighted by molar-refractivity contribution is 7.10. The van der Waals surface area contributed by atoms with Crippen molar-refractivity contribution in [2.24, 2.45) is 0 Å². The molecule has 0 fully saturated rings. The van der Waals surface area contributed by atoms with Gasteiger partial charge in [0.05, 0.1) is 0 Å². The fourth-order valence-corrected chi connectivity index (χ4v) is 2.55. The molecule has 2 rings (SSSR count). The molecule has 1 heterocycles. The molecule has 1 N–H and O–H groups in total. The zero-order chi connectivity index (χ0) is 14.9. The topological polar surface area (TPSA) is 47.0 Å². The monoisotopic (exact) mass is 305 g/mol. The number of anilines is 1. The molecular formula is C16H23N3OS. The van der Waals surface area contributed by atoms with Gasteiger partial charge in [-0.2, -0.15) is 0 Å². The van der Waals surface area contributed by atoms with Crippen LogP contribution < -0.4 is 10.1 Å². The van der Waals surface area contributed by atoms with Crippen LogP contribution in [0.1, 0.15) is 44.4 Å². The van der Waals surface area contributed by atoms with Gasteiger partial charge in [0.1, 0.15) is 23.1 Å². The van der Waals surface area contributed by atoms with Crippen molar-refractivity contribution in [2.45, 2.75) is 46.1 Å². The second kappa shape index (κ2) is 8.62. The van der Waals surface area contributed by atoms with Gasteiger partial charge < -0.3 is 10.1 Å². The summed E-state index contributed by atoms with van der Waals surface area (Å²) >= 11 is 1.38. The summed E-state index contributed by atoms with van der Waals surface area (Å²) in [5.41, 5.74) is 2.24. The molecule has 1 aromatic carbocycles. The van der Waals surface area contributed by atoms with Crippen molar-refractivity contribution in [3.05, 3.63) is 35.5 Å². The van der Waals surface area contributed by atoms with Gasteiger partial charge in [-0.05, 0) is 37.0 Å². The van der Waals surface area contributed by atoms with Crippen LogP contribution in [0.4, 0.5) is 5.00 Å². The Morgan fingerprint density at radius 1 is 1.14 bits per heavy atom. The van der Waals surface area contributed by atoms with Crippen LogP contribution in [0, 0.1) is 0 Å². The minimum atomic E-state index is 0.455. The van der Waals surface area contributed by atoms with E-state index in [2.05, 4.69) is 40.9 Å². The number of benzene rings is 1. The Labute approximate surface area is 130 Å². The van der Waals surface area contributed by atoms with Gasteiger partial charge in [-0.1, -0.05) is 36.9 Å². The molecule has 0 bridgehead atoms. The third-order valence-electron chi connectivity index (χ3n) is 3.21. The number of nitrogens with zero attached hydrogens (tertiary/aromatic N) is 2. The van der Waals surface area contributed by atoms with Crippen molar-refractivity contribution < 1.29 is 4.74 Å². The summed E-state index contributed by atoms with van der Waals surface area (Å²) in [5.74, 6) is 0.879. The van der Waals surface area contributed by atoms with Gasteiger partial charge in [-0.25, -0.2) is 0 Å². The van der Waals surface area contributed by atoms with E-state index in [-0.39, 0.29) is 0 Å². The molecule has 0 saturated carbocycles. The van der Waals surface area contributed by atoms with E-state index in [0.717, 1.165) is 35.8 Å². The lowest BCUT2D eigenvalue weighted by molar-refractivity contribution is 0.301. The quantitative estimate of drug-likeness (QED) is 0.751. The average molecular weight is 305 g/mol. The van der Waals surface area contributed by atoms with Crippen LogP contribution in [-0.4, -0.2) is 16.1 Å². The molecule has 0 aliphatic carbocycles. The number of aromatic nitrogens is 2. The fraction of sp³-hybridized carbons (Fsp3) is 0.500. The van der Waals surface area contributed by atoms with E-state index >= 15 is 0 Å². The van der Waals surface area contributed by atoms with Crippen LogP contribution in [0.3, 0.4) is 0 Å². The molecule has 0 aliphatic rings. The SMILES string of the molecule is CCCCc1ccc(OCc2nnsc2NCCC)cc1. The summed E-state index contributed by atoms with van der Waals surface area (Å²) in [6.07, 6.45) is 4.68. The normalized spacial score (nSPS) is 10.6. The second-order valence-corrected chi connectivity index (χ2v) is 5.77. The molecule has 0 radical (unpaired) electrons. The van der Waals surface area contributed by atoms with Gasteiger partial charge in [0, 0.05) is 18.1 Å². The van der Waals surface area contributed by atoms with E-state index in [0.29, 0.717) is 6.61 Å². The average Bonchev–Trinajstić information content (AvgIpc) is 2.97. The lowest BCUT2D eigenvalue weighted by Gasteiger charge is -2.07. The Balaban J connectivity index is 1.86. The molecule has 0 spiro atoms. The van der Waals surface area contributed by atoms with Crippen LogP contribution in [0.5, 0.6) is 5.75 Å². The highest BCUT2D eigenvalue weighted by Crippen LogP contribution is 2.20. The maximum absolute atomic E-state index is 5.79. The Kier molecular flexibility index (Phi) is 6.47. The molecule has 0 amide bonds. The van der Waals surface area contributed by atoms with Crippen LogP contribution in [0.2, 0.25) is 0 Å². The van der Waals surface area contributed by atoms with Crippen molar-refractivity contribution in [3.8, 4) is 5.75 Å². The number of nitrogens with one attached hydrogen (secondary N) is 1. The third kappa shape index (κ3) is 5.01. The maximum atomic E-state index is 5.79. The Bertz CT molecular complexity index is 525. The summed E-state index contributed by atoms with van der Waals surface area (Å²) in [7, 11) is 0. The molecule has 5 heteroatoms. The first-order chi connectivity index (χ1) is 10.3. The van der Waals surface area contributed by atoms with Crippen molar-refractivity contribution in [3.63, 3.8) is 0 Å². The first kappa shape index (κ1) is 15.8. The van der Waals surface area contributed by atoms with Gasteiger partial charge in [0.2, 0.25) is 0 Å². The number of hydrogen-bond acceptors (Lipinski definition) is 5. The standard InChI is InChI=1S/C16H23N3OS/c1-3-5-6-13-7-9-14(10-8-13)20-12-15-16(17-11-4-2)21-19-18-15/h7-10,17H,3-6,11-12H2,1-2H3. The number of aryl methyl sites for hydroxylation is 1. The Morgan fingerprint density at radius 2 is 1.95 bits per heavy atom. The van der Waals surface area contributed by atoms with Crippen molar-refractivity contribution in [2.75, 3.05) is 11.9 Å². The van der Waals surface area contributed by atoms with Crippen molar-refractivity contribution >= 4 is 16.5 Å². The summed E-state index contributed by atoms with van der Waals surface area (Å²) < 4.78 is 9.78. The van der Waals surface area contributed by atoms with Gasteiger partial charge >= 0.3 is 0 Å². The Hall–Kier alpha value is -1.62. The van der Waals surface area contributed by atoms with Crippen molar-refractivity contribution in [1.82, 2.24) is 9.59 Å². The lowest BCUT2D eigenvalue weighted by atomic mass is 10.1. The zero-order valence-electron chi connectivity index (χ0n) is 12.8. The van der Waals surface area contributed by atoms with E-state index in [1.54, 1.807) is 0 Å². The van der Waals surface area contributed by atoms with Gasteiger partial charge in [-0.15, -0.1) is 5.10 Å². The predicted octanol–water partition coefficient (Wildman–Crippen LogP) is 4.28. The van der Waals surface area contributed by atoms with E-state index < -0.39 is 0 Å². The summed E-state index contributed by atoms with van der Waals surface area (Å²) in [6.45, 7) is 5.74. The molecule has 0 atom stereocenters. The Morgan fingerprint density at radius 3 is 2.67 bits per heavy atom. The molecule has 2 aromatic rings. The van der Waals surface area contributed by atoms with E-state index in [4.69, 9.17) is 4.74 Å². The second-order valence-electron chi connectivity index (χ2n) is 5.01. The predicted molar refractivity (Wildman–Crippen MR) is 88.1 cm³/mol. The van der Waals surface area contributed by atoms with Crippen LogP contribution in [-0.2, 0) is 13.0 Å². The molecular weight excluding hydrogens is 282 g/mol. The molecule has 0 saturated heterocycles. The van der Waals surface area contributed by atoms with E-state index in [1.165, 1.54) is 29.9 Å². The minimum Gasteiger partial charge on any atom is -0.487 e.